The van der Waals surface area contributed by atoms with Crippen LogP contribution in [0.25, 0.3) is 6.08 Å². The third kappa shape index (κ3) is 5.81. The first-order chi connectivity index (χ1) is 19.8. The Hall–Kier alpha value is -4.25. The van der Waals surface area contributed by atoms with Gasteiger partial charge < -0.3 is 28.4 Å². The van der Waals surface area contributed by atoms with Gasteiger partial charge in [0.2, 0.25) is 5.75 Å². The number of nitrogens with zero attached hydrogens (tertiary/aromatic N) is 2. The fraction of sp³-hybridized carbons (Fsp3) is 0.367. The normalized spacial score (nSPS) is 14.7. The lowest BCUT2D eigenvalue weighted by Crippen LogP contribution is -2.40. The molecule has 41 heavy (non-hydrogen) atoms. The van der Waals surface area contributed by atoms with Gasteiger partial charge in [0.25, 0.3) is 5.56 Å². The number of esters is 1. The predicted octanol–water partition coefficient (Wildman–Crippen LogP) is 3.62. The zero-order chi connectivity index (χ0) is 29.7. The number of hydrogen-bond donors (Lipinski definition) is 0. The molecule has 0 spiro atoms. The van der Waals surface area contributed by atoms with Crippen LogP contribution >= 0.6 is 11.3 Å². The van der Waals surface area contributed by atoms with Gasteiger partial charge in [-0.25, -0.2) is 9.79 Å². The number of fused-ring (bicyclic) bond motifs is 1. The molecular weight excluding hydrogens is 548 g/mol. The van der Waals surface area contributed by atoms with Gasteiger partial charge in [-0.2, -0.15) is 0 Å². The molecule has 0 aliphatic carbocycles. The van der Waals surface area contributed by atoms with E-state index >= 15 is 0 Å². The average Bonchev–Trinajstić information content (AvgIpc) is 3.26. The molecule has 0 saturated carbocycles. The molecule has 0 N–H and O–H groups in total. The topological polar surface area (TPSA) is 107 Å². The van der Waals surface area contributed by atoms with Crippen molar-refractivity contribution in [3.8, 4) is 28.7 Å². The van der Waals surface area contributed by atoms with Crippen LogP contribution in [-0.2, 0) is 9.53 Å². The largest absolute Gasteiger partial charge is 0.493 e. The van der Waals surface area contributed by atoms with Crippen molar-refractivity contribution < 1.29 is 33.2 Å². The molecule has 218 valence electrons. The van der Waals surface area contributed by atoms with Crippen LogP contribution in [0.1, 0.15) is 44.9 Å². The lowest BCUT2D eigenvalue weighted by atomic mass is 9.95. The summed E-state index contributed by atoms with van der Waals surface area (Å²) in [5.74, 6) is 1.83. The molecule has 0 fully saturated rings. The van der Waals surface area contributed by atoms with Crippen molar-refractivity contribution in [2.75, 3.05) is 41.2 Å². The molecular formula is C30H34N2O8S. The van der Waals surface area contributed by atoms with Crippen LogP contribution in [0.3, 0.4) is 0 Å². The molecule has 11 heteroatoms. The van der Waals surface area contributed by atoms with E-state index in [2.05, 4.69) is 4.99 Å². The molecule has 0 radical (unpaired) electrons. The van der Waals surface area contributed by atoms with Gasteiger partial charge in [-0.05, 0) is 69.2 Å². The molecule has 2 heterocycles. The molecule has 0 unspecified atom stereocenters. The van der Waals surface area contributed by atoms with E-state index in [-0.39, 0.29) is 17.7 Å². The first-order valence-electron chi connectivity index (χ1n) is 13.2. The van der Waals surface area contributed by atoms with Crippen LogP contribution in [0.4, 0.5) is 0 Å². The second-order valence-corrected chi connectivity index (χ2v) is 9.84. The highest BCUT2D eigenvalue weighted by molar-refractivity contribution is 7.07. The summed E-state index contributed by atoms with van der Waals surface area (Å²) in [6, 6.07) is 8.11. The van der Waals surface area contributed by atoms with Crippen LogP contribution in [0.5, 0.6) is 28.7 Å². The van der Waals surface area contributed by atoms with Gasteiger partial charge in [0.15, 0.2) is 27.8 Å². The number of carbonyl (C=O) groups is 1. The van der Waals surface area contributed by atoms with E-state index in [9.17, 15) is 9.59 Å². The van der Waals surface area contributed by atoms with Gasteiger partial charge in [-0.3, -0.25) is 9.36 Å². The Morgan fingerprint density at radius 2 is 1.59 bits per heavy atom. The minimum absolute atomic E-state index is 0.169. The number of carbonyl (C=O) groups excluding carboxylic acids is 1. The quantitative estimate of drug-likeness (QED) is 0.316. The fourth-order valence-electron chi connectivity index (χ4n) is 4.68. The average molecular weight is 583 g/mol. The van der Waals surface area contributed by atoms with Gasteiger partial charge in [0.1, 0.15) is 0 Å². The molecule has 4 rings (SSSR count). The van der Waals surface area contributed by atoms with Gasteiger partial charge in [-0.15, -0.1) is 0 Å². The van der Waals surface area contributed by atoms with Gasteiger partial charge >= 0.3 is 5.97 Å². The highest BCUT2D eigenvalue weighted by atomic mass is 32.1. The van der Waals surface area contributed by atoms with Gasteiger partial charge in [0, 0.05) is 0 Å². The molecule has 1 atom stereocenters. The molecule has 1 aliphatic rings. The van der Waals surface area contributed by atoms with Crippen molar-refractivity contribution >= 4 is 23.4 Å². The smallest absolute Gasteiger partial charge is 0.338 e. The Morgan fingerprint density at radius 3 is 2.17 bits per heavy atom. The summed E-state index contributed by atoms with van der Waals surface area (Å²) < 4.78 is 35.4. The Bertz CT molecular complexity index is 1630. The zero-order valence-corrected chi connectivity index (χ0v) is 25.0. The summed E-state index contributed by atoms with van der Waals surface area (Å²) in [5, 5.41) is 0. The summed E-state index contributed by atoms with van der Waals surface area (Å²) in [4.78, 5) is 32.4. The summed E-state index contributed by atoms with van der Waals surface area (Å²) >= 11 is 1.23. The second kappa shape index (κ2) is 12.9. The first-order valence-corrected chi connectivity index (χ1v) is 14.0. The van der Waals surface area contributed by atoms with Crippen molar-refractivity contribution in [2.24, 2.45) is 4.99 Å². The highest BCUT2D eigenvalue weighted by Gasteiger charge is 2.34. The fourth-order valence-corrected chi connectivity index (χ4v) is 5.72. The molecule has 0 bridgehead atoms. The molecule has 1 aromatic heterocycles. The number of rotatable bonds is 11. The Kier molecular flexibility index (Phi) is 9.38. The Labute approximate surface area is 242 Å². The number of allylic oxidation sites excluding steroid dienone is 1. The SMILES string of the molecule is CCOC(=O)C1=C(C)N=c2s/c(=C\c3ccc(OCC)c(OCC)c3)c(=O)n2[C@@H]1c1cc(OC)c(OC)c(OC)c1. The number of methoxy groups -OCH3 is 3. The zero-order valence-electron chi connectivity index (χ0n) is 24.2. The summed E-state index contributed by atoms with van der Waals surface area (Å²) in [6.07, 6.45) is 1.78. The Balaban J connectivity index is 1.96. The van der Waals surface area contributed by atoms with E-state index in [4.69, 9.17) is 28.4 Å². The predicted molar refractivity (Wildman–Crippen MR) is 155 cm³/mol. The van der Waals surface area contributed by atoms with E-state index < -0.39 is 12.0 Å². The van der Waals surface area contributed by atoms with E-state index in [1.807, 2.05) is 32.0 Å². The molecule has 0 saturated heterocycles. The maximum absolute atomic E-state index is 14.0. The van der Waals surface area contributed by atoms with Crippen LogP contribution in [0.15, 0.2) is 51.4 Å². The summed E-state index contributed by atoms with van der Waals surface area (Å²) in [5.41, 5.74) is 1.72. The lowest BCUT2D eigenvalue weighted by Gasteiger charge is -2.26. The number of hydrogen-bond acceptors (Lipinski definition) is 10. The summed E-state index contributed by atoms with van der Waals surface area (Å²) in [7, 11) is 4.52. The van der Waals surface area contributed by atoms with Gasteiger partial charge in [0.05, 0.1) is 63.0 Å². The number of thiazole rings is 1. The Morgan fingerprint density at radius 1 is 0.927 bits per heavy atom. The van der Waals surface area contributed by atoms with Crippen molar-refractivity contribution in [1.29, 1.82) is 0 Å². The maximum atomic E-state index is 14.0. The first kappa shape index (κ1) is 29.7. The molecule has 2 aromatic carbocycles. The number of aromatic nitrogens is 1. The van der Waals surface area contributed by atoms with E-state index in [0.717, 1.165) is 5.56 Å². The van der Waals surface area contributed by atoms with Crippen LogP contribution in [0.2, 0.25) is 0 Å². The maximum Gasteiger partial charge on any atom is 0.338 e. The van der Waals surface area contributed by atoms with E-state index in [0.29, 0.717) is 62.6 Å². The van der Waals surface area contributed by atoms with Gasteiger partial charge in [-0.1, -0.05) is 17.4 Å². The number of ether oxygens (including phenoxy) is 6. The standard InChI is InChI=1S/C30H34N2O8S/c1-8-38-20-12-11-18(13-21(20)39-9-2)14-24-28(33)32-26(19-15-22(35-5)27(37-7)23(16-19)36-6)25(29(34)40-10-3)17(4)31-30(32)41-24/h11-16,26H,8-10H2,1-7H3/b24-14-/t26-/m1/s1. The minimum Gasteiger partial charge on any atom is -0.493 e. The van der Waals surface area contributed by atoms with E-state index in [1.54, 1.807) is 32.1 Å². The molecule has 10 nitrogen and oxygen atoms in total. The molecule has 0 amide bonds. The van der Waals surface area contributed by atoms with Crippen molar-refractivity contribution in [2.45, 2.75) is 33.7 Å². The van der Waals surface area contributed by atoms with E-state index in [1.165, 1.54) is 37.2 Å². The van der Waals surface area contributed by atoms with Crippen LogP contribution in [-0.4, -0.2) is 51.7 Å². The third-order valence-corrected chi connectivity index (χ3v) is 7.37. The van der Waals surface area contributed by atoms with Crippen LogP contribution in [0, 0.1) is 0 Å². The monoisotopic (exact) mass is 582 g/mol. The third-order valence-electron chi connectivity index (χ3n) is 6.39. The number of benzene rings is 2. The van der Waals surface area contributed by atoms with Crippen molar-refractivity contribution in [1.82, 2.24) is 4.57 Å². The minimum atomic E-state index is -0.847. The van der Waals surface area contributed by atoms with Crippen molar-refractivity contribution in [3.63, 3.8) is 0 Å². The van der Waals surface area contributed by atoms with Crippen molar-refractivity contribution in [3.05, 3.63) is 72.4 Å². The van der Waals surface area contributed by atoms with Crippen LogP contribution < -0.4 is 38.6 Å². The summed E-state index contributed by atoms with van der Waals surface area (Å²) in [6.45, 7) is 8.40. The lowest BCUT2D eigenvalue weighted by molar-refractivity contribution is -0.139. The molecule has 3 aromatic rings. The highest BCUT2D eigenvalue weighted by Crippen LogP contribution is 2.42. The molecule has 1 aliphatic heterocycles. The second-order valence-electron chi connectivity index (χ2n) is 8.83.